The van der Waals surface area contributed by atoms with Gasteiger partial charge in [0, 0.05) is 11.8 Å². The van der Waals surface area contributed by atoms with E-state index in [2.05, 4.69) is 5.32 Å². The number of rotatable bonds is 4. The molecule has 0 bridgehead atoms. The van der Waals surface area contributed by atoms with Crippen LogP contribution in [-0.4, -0.2) is 11.0 Å². The Balaban J connectivity index is 2.04. The monoisotopic (exact) mass is 267 g/mol. The topological polar surface area (TPSA) is 49.3 Å². The molecular weight excluding hydrogens is 250 g/mol. The lowest BCUT2D eigenvalue weighted by Crippen LogP contribution is -2.07. The number of hydrogen-bond acceptors (Lipinski definition) is 2. The molecule has 0 aliphatic rings. The van der Waals surface area contributed by atoms with E-state index in [0.29, 0.717) is 5.69 Å². The van der Waals surface area contributed by atoms with E-state index in [9.17, 15) is 4.79 Å². The van der Waals surface area contributed by atoms with Crippen molar-refractivity contribution >= 4 is 17.7 Å². The number of carbonyl (C=O) groups is 1. The van der Waals surface area contributed by atoms with Crippen LogP contribution < -0.4 is 5.32 Å². The van der Waals surface area contributed by atoms with Crippen LogP contribution in [0.25, 0.3) is 6.08 Å². The molecule has 3 nitrogen and oxygen atoms in total. The number of benzene rings is 2. The van der Waals surface area contributed by atoms with E-state index in [1.807, 2.05) is 31.2 Å². The third-order valence-electron chi connectivity index (χ3n) is 2.98. The molecular formula is C17H17NO2. The van der Waals surface area contributed by atoms with Crippen LogP contribution >= 0.6 is 0 Å². The van der Waals surface area contributed by atoms with Crippen LogP contribution in [0.15, 0.2) is 54.6 Å². The number of amides is 1. The molecule has 2 aromatic rings. The van der Waals surface area contributed by atoms with Crippen LogP contribution in [0.2, 0.25) is 0 Å². The molecule has 102 valence electrons. The molecule has 0 saturated carbocycles. The van der Waals surface area contributed by atoms with Gasteiger partial charge in [-0.2, -0.15) is 0 Å². The van der Waals surface area contributed by atoms with E-state index in [0.717, 1.165) is 16.7 Å². The first kappa shape index (κ1) is 14.0. The summed E-state index contributed by atoms with van der Waals surface area (Å²) in [6, 6.07) is 15.0. The molecule has 2 aromatic carbocycles. The standard InChI is InChI=1S/C17H17NO2/c1-13-5-2-3-7-15(13)9-10-17(20)18-16-8-4-6-14(11-16)12-19/h2-11,19H,12H2,1H3,(H,18,20)/b10-9+. The van der Waals surface area contributed by atoms with Crippen LogP contribution in [0.1, 0.15) is 16.7 Å². The van der Waals surface area contributed by atoms with Crippen molar-refractivity contribution in [3.63, 3.8) is 0 Å². The Morgan fingerprint density at radius 3 is 2.75 bits per heavy atom. The molecule has 0 atom stereocenters. The van der Waals surface area contributed by atoms with E-state index in [-0.39, 0.29) is 12.5 Å². The van der Waals surface area contributed by atoms with Gasteiger partial charge in [-0.05, 0) is 41.8 Å². The van der Waals surface area contributed by atoms with Crippen molar-refractivity contribution in [3.8, 4) is 0 Å². The first-order valence-corrected chi connectivity index (χ1v) is 6.43. The van der Waals surface area contributed by atoms with E-state index in [4.69, 9.17) is 5.11 Å². The van der Waals surface area contributed by atoms with Crippen molar-refractivity contribution in [1.82, 2.24) is 0 Å². The molecule has 2 rings (SSSR count). The fourth-order valence-electron chi connectivity index (χ4n) is 1.87. The van der Waals surface area contributed by atoms with Gasteiger partial charge in [0.25, 0.3) is 0 Å². The number of carbonyl (C=O) groups excluding carboxylic acids is 1. The highest BCUT2D eigenvalue weighted by molar-refractivity contribution is 6.02. The lowest BCUT2D eigenvalue weighted by atomic mass is 10.1. The molecule has 3 heteroatoms. The summed E-state index contributed by atoms with van der Waals surface area (Å²) >= 11 is 0. The van der Waals surface area contributed by atoms with Crippen molar-refractivity contribution in [2.75, 3.05) is 5.32 Å². The second-order valence-electron chi connectivity index (χ2n) is 4.54. The highest BCUT2D eigenvalue weighted by Gasteiger charge is 1.99. The largest absolute Gasteiger partial charge is 0.392 e. The molecule has 0 aromatic heterocycles. The predicted molar refractivity (Wildman–Crippen MR) is 81.2 cm³/mol. The number of aliphatic hydroxyl groups excluding tert-OH is 1. The molecule has 0 radical (unpaired) electrons. The van der Waals surface area contributed by atoms with E-state index < -0.39 is 0 Å². The van der Waals surface area contributed by atoms with Gasteiger partial charge in [0.1, 0.15) is 0 Å². The molecule has 0 aliphatic carbocycles. The van der Waals surface area contributed by atoms with Gasteiger partial charge >= 0.3 is 0 Å². The summed E-state index contributed by atoms with van der Waals surface area (Å²) in [5.41, 5.74) is 3.59. The fourth-order valence-corrected chi connectivity index (χ4v) is 1.87. The summed E-state index contributed by atoms with van der Waals surface area (Å²) in [7, 11) is 0. The summed E-state index contributed by atoms with van der Waals surface area (Å²) in [6.45, 7) is 1.96. The minimum atomic E-state index is -0.191. The van der Waals surface area contributed by atoms with E-state index in [1.54, 1.807) is 30.3 Å². The lowest BCUT2D eigenvalue weighted by Gasteiger charge is -2.04. The zero-order valence-electron chi connectivity index (χ0n) is 11.3. The number of aryl methyl sites for hydroxylation is 1. The van der Waals surface area contributed by atoms with Crippen LogP contribution in [0.4, 0.5) is 5.69 Å². The van der Waals surface area contributed by atoms with E-state index >= 15 is 0 Å². The summed E-state index contributed by atoms with van der Waals surface area (Å²) < 4.78 is 0. The van der Waals surface area contributed by atoms with Gasteiger partial charge in [0.05, 0.1) is 6.61 Å². The Kier molecular flexibility index (Phi) is 4.69. The maximum absolute atomic E-state index is 11.8. The molecule has 0 spiro atoms. The summed E-state index contributed by atoms with van der Waals surface area (Å²) in [5.74, 6) is -0.191. The van der Waals surface area contributed by atoms with Gasteiger partial charge in [0.2, 0.25) is 5.91 Å². The van der Waals surface area contributed by atoms with E-state index in [1.165, 1.54) is 6.08 Å². The number of anilines is 1. The van der Waals surface area contributed by atoms with Crippen molar-refractivity contribution < 1.29 is 9.90 Å². The lowest BCUT2D eigenvalue weighted by molar-refractivity contribution is -0.111. The zero-order valence-corrected chi connectivity index (χ0v) is 11.3. The zero-order chi connectivity index (χ0) is 14.4. The van der Waals surface area contributed by atoms with Crippen molar-refractivity contribution in [3.05, 3.63) is 71.3 Å². The Hall–Kier alpha value is -2.39. The van der Waals surface area contributed by atoms with Gasteiger partial charge in [-0.1, -0.05) is 36.4 Å². The van der Waals surface area contributed by atoms with Gasteiger partial charge < -0.3 is 10.4 Å². The summed E-state index contributed by atoms with van der Waals surface area (Å²) in [5, 5.41) is 11.8. The Morgan fingerprint density at radius 2 is 2.00 bits per heavy atom. The van der Waals surface area contributed by atoms with Gasteiger partial charge in [-0.25, -0.2) is 0 Å². The quantitative estimate of drug-likeness (QED) is 0.836. The molecule has 0 saturated heterocycles. The Bertz CT molecular complexity index is 632. The smallest absolute Gasteiger partial charge is 0.248 e. The average Bonchev–Trinajstić information content (AvgIpc) is 2.46. The molecule has 0 fully saturated rings. The second kappa shape index (κ2) is 6.68. The summed E-state index contributed by atoms with van der Waals surface area (Å²) in [4.78, 5) is 11.8. The average molecular weight is 267 g/mol. The normalized spacial score (nSPS) is 10.7. The SMILES string of the molecule is Cc1ccccc1/C=C/C(=O)Nc1cccc(CO)c1. The molecule has 20 heavy (non-hydrogen) atoms. The minimum Gasteiger partial charge on any atom is -0.392 e. The number of aliphatic hydroxyl groups is 1. The van der Waals surface area contributed by atoms with Crippen LogP contribution in [0, 0.1) is 6.92 Å². The third kappa shape index (κ3) is 3.80. The number of hydrogen-bond donors (Lipinski definition) is 2. The van der Waals surface area contributed by atoms with Gasteiger partial charge in [-0.3, -0.25) is 4.79 Å². The first-order valence-electron chi connectivity index (χ1n) is 6.43. The molecule has 2 N–H and O–H groups in total. The maximum atomic E-state index is 11.8. The minimum absolute atomic E-state index is 0.0389. The van der Waals surface area contributed by atoms with Gasteiger partial charge in [0.15, 0.2) is 0 Å². The first-order chi connectivity index (χ1) is 9.69. The predicted octanol–water partition coefficient (Wildman–Crippen LogP) is 3.14. The molecule has 1 amide bonds. The molecule has 0 aliphatic heterocycles. The molecule has 0 unspecified atom stereocenters. The molecule has 0 heterocycles. The highest BCUT2D eigenvalue weighted by Crippen LogP contribution is 2.12. The third-order valence-corrected chi connectivity index (χ3v) is 2.98. The van der Waals surface area contributed by atoms with Gasteiger partial charge in [-0.15, -0.1) is 0 Å². The fraction of sp³-hybridized carbons (Fsp3) is 0.118. The van der Waals surface area contributed by atoms with Crippen LogP contribution in [0.5, 0.6) is 0 Å². The number of nitrogens with one attached hydrogen (secondary N) is 1. The summed E-state index contributed by atoms with van der Waals surface area (Å²) in [6.07, 6.45) is 3.30. The van der Waals surface area contributed by atoms with Crippen LogP contribution in [-0.2, 0) is 11.4 Å². The van der Waals surface area contributed by atoms with Crippen molar-refractivity contribution in [1.29, 1.82) is 0 Å². The Labute approximate surface area is 118 Å². The highest BCUT2D eigenvalue weighted by atomic mass is 16.3. The second-order valence-corrected chi connectivity index (χ2v) is 4.54. The Morgan fingerprint density at radius 1 is 1.20 bits per heavy atom. The van der Waals surface area contributed by atoms with Crippen molar-refractivity contribution in [2.24, 2.45) is 0 Å². The van der Waals surface area contributed by atoms with Crippen molar-refractivity contribution in [2.45, 2.75) is 13.5 Å². The van der Waals surface area contributed by atoms with Crippen LogP contribution in [0.3, 0.4) is 0 Å². The maximum Gasteiger partial charge on any atom is 0.248 e.